The van der Waals surface area contributed by atoms with E-state index < -0.39 is 15.4 Å². The summed E-state index contributed by atoms with van der Waals surface area (Å²) in [4.78, 5) is 19.5. The Hall–Kier alpha value is -1.47. The molecule has 0 aromatic carbocycles. The Morgan fingerprint density at radius 2 is 2.04 bits per heavy atom. The molecule has 2 aliphatic heterocycles. The van der Waals surface area contributed by atoms with Crippen LogP contribution in [0, 0.1) is 12.3 Å². The van der Waals surface area contributed by atoms with Gasteiger partial charge in [0.2, 0.25) is 15.9 Å². The number of hydrogen-bond acceptors (Lipinski definition) is 4. The number of nitrogens with zero attached hydrogens (tertiary/aromatic N) is 3. The lowest BCUT2D eigenvalue weighted by atomic mass is 9.79. The van der Waals surface area contributed by atoms with Gasteiger partial charge in [-0.2, -0.15) is 0 Å². The highest BCUT2D eigenvalue weighted by molar-refractivity contribution is 7.90. The van der Waals surface area contributed by atoms with Crippen molar-refractivity contribution in [2.45, 2.75) is 50.8 Å². The Morgan fingerprint density at radius 3 is 2.76 bits per heavy atom. The normalized spacial score (nSPS) is 28.0. The van der Waals surface area contributed by atoms with Crippen LogP contribution in [0.1, 0.15) is 43.5 Å². The molecular weight excluding hydrogens is 338 g/mol. The van der Waals surface area contributed by atoms with Crippen molar-refractivity contribution in [1.82, 2.24) is 14.2 Å². The number of rotatable bonds is 4. The summed E-state index contributed by atoms with van der Waals surface area (Å²) in [6.45, 7) is 4.07. The van der Waals surface area contributed by atoms with Crippen molar-refractivity contribution in [1.29, 1.82) is 0 Å². The smallest absolute Gasteiger partial charge is 0.230 e. The fourth-order valence-corrected chi connectivity index (χ4v) is 6.15. The molecule has 3 heterocycles. The Bertz CT molecular complexity index is 791. The Labute approximate surface area is 149 Å². The van der Waals surface area contributed by atoms with Crippen molar-refractivity contribution in [3.05, 3.63) is 29.6 Å². The summed E-state index contributed by atoms with van der Waals surface area (Å²) in [6.07, 6.45) is 3.85. The van der Waals surface area contributed by atoms with Crippen LogP contribution in [0.15, 0.2) is 18.2 Å². The van der Waals surface area contributed by atoms with Crippen molar-refractivity contribution < 1.29 is 13.2 Å². The van der Waals surface area contributed by atoms with Gasteiger partial charge in [-0.25, -0.2) is 12.7 Å². The van der Waals surface area contributed by atoms with Crippen LogP contribution >= 0.6 is 0 Å². The number of aromatic nitrogens is 1. The maximum Gasteiger partial charge on any atom is 0.230 e. The zero-order valence-electron chi connectivity index (χ0n) is 14.6. The zero-order valence-corrected chi connectivity index (χ0v) is 15.5. The number of pyridine rings is 1. The summed E-state index contributed by atoms with van der Waals surface area (Å²) in [5, 5.41) is -0.202. The summed E-state index contributed by atoms with van der Waals surface area (Å²) >= 11 is 0. The van der Waals surface area contributed by atoms with Gasteiger partial charge in [-0.3, -0.25) is 9.78 Å². The van der Waals surface area contributed by atoms with E-state index in [0.717, 1.165) is 43.5 Å². The zero-order chi connectivity index (χ0) is 17.7. The number of amides is 1. The van der Waals surface area contributed by atoms with Gasteiger partial charge in [-0.05, 0) is 51.2 Å². The fourth-order valence-electron chi connectivity index (χ4n) is 4.19. The fraction of sp³-hybridized carbons (Fsp3) is 0.667. The minimum atomic E-state index is -3.21. The maximum atomic E-state index is 13.1. The average Bonchev–Trinajstić information content (AvgIpc) is 3.40. The average molecular weight is 363 g/mol. The summed E-state index contributed by atoms with van der Waals surface area (Å²) in [7, 11) is -3.21. The molecule has 0 bridgehead atoms. The Morgan fingerprint density at radius 1 is 1.24 bits per heavy atom. The molecule has 1 aliphatic carbocycles. The summed E-state index contributed by atoms with van der Waals surface area (Å²) in [5.41, 5.74) is 1.31. The summed E-state index contributed by atoms with van der Waals surface area (Å²) in [6, 6.07) is 5.84. The highest BCUT2D eigenvalue weighted by Gasteiger charge is 2.52. The molecule has 1 aromatic heterocycles. The second-order valence-electron chi connectivity index (χ2n) is 7.71. The molecule has 1 saturated carbocycles. The molecule has 2 saturated heterocycles. The van der Waals surface area contributed by atoms with Crippen LogP contribution in [0.2, 0.25) is 0 Å². The van der Waals surface area contributed by atoms with Gasteiger partial charge in [0, 0.05) is 25.3 Å². The Balaban J connectivity index is 1.50. The van der Waals surface area contributed by atoms with Crippen LogP contribution < -0.4 is 0 Å². The van der Waals surface area contributed by atoms with Gasteiger partial charge in [0.05, 0.1) is 22.9 Å². The van der Waals surface area contributed by atoms with Crippen molar-refractivity contribution in [3.63, 3.8) is 0 Å². The molecule has 3 aliphatic rings. The SMILES string of the molecule is Cc1cccc(CN2CC[C@]3(CCCN(S(=O)(=O)C4CC4)C3)C2=O)n1. The first-order valence-corrected chi connectivity index (χ1v) is 10.6. The molecule has 0 radical (unpaired) electrons. The first-order valence-electron chi connectivity index (χ1n) is 9.12. The van der Waals surface area contributed by atoms with Gasteiger partial charge in [-0.15, -0.1) is 0 Å². The van der Waals surface area contributed by atoms with Crippen molar-refractivity contribution in [2.24, 2.45) is 5.41 Å². The number of likely N-dealkylation sites (tertiary alicyclic amines) is 1. The number of hydrogen-bond donors (Lipinski definition) is 0. The maximum absolute atomic E-state index is 13.1. The molecule has 1 spiro atoms. The van der Waals surface area contributed by atoms with Gasteiger partial charge in [-0.1, -0.05) is 6.07 Å². The van der Waals surface area contributed by atoms with Crippen LogP contribution in [-0.2, 0) is 21.4 Å². The first kappa shape index (κ1) is 17.0. The lowest BCUT2D eigenvalue weighted by Gasteiger charge is -2.38. The van der Waals surface area contributed by atoms with Crippen molar-refractivity contribution in [3.8, 4) is 0 Å². The van der Waals surface area contributed by atoms with Crippen LogP contribution in [0.3, 0.4) is 0 Å². The van der Waals surface area contributed by atoms with Crippen LogP contribution in [0.25, 0.3) is 0 Å². The topological polar surface area (TPSA) is 70.6 Å². The number of sulfonamides is 1. The minimum Gasteiger partial charge on any atom is -0.336 e. The first-order chi connectivity index (χ1) is 11.9. The van der Waals surface area contributed by atoms with Crippen molar-refractivity contribution in [2.75, 3.05) is 19.6 Å². The Kier molecular flexibility index (Phi) is 4.11. The largest absolute Gasteiger partial charge is 0.336 e. The molecule has 0 unspecified atom stereocenters. The molecule has 25 heavy (non-hydrogen) atoms. The van der Waals surface area contributed by atoms with Gasteiger partial charge in [0.1, 0.15) is 0 Å². The lowest BCUT2D eigenvalue weighted by Crippen LogP contribution is -2.50. The standard InChI is InChI=1S/C18H25N3O3S/c1-14-4-2-5-15(19-14)12-20-11-9-18(17(20)22)8-3-10-21(13-18)25(23,24)16-6-7-16/h2,4-5,16H,3,6-13H2,1H3/t18-/m0/s1. The van der Waals surface area contributed by atoms with Gasteiger partial charge in [0.25, 0.3) is 0 Å². The monoisotopic (exact) mass is 363 g/mol. The third-order valence-electron chi connectivity index (χ3n) is 5.75. The van der Waals surface area contributed by atoms with E-state index in [-0.39, 0.29) is 11.2 Å². The molecule has 136 valence electrons. The molecule has 4 rings (SSSR count). The van der Waals surface area contributed by atoms with Crippen LogP contribution in [0.5, 0.6) is 0 Å². The van der Waals surface area contributed by atoms with E-state index in [9.17, 15) is 13.2 Å². The molecule has 3 fully saturated rings. The summed E-state index contributed by atoms with van der Waals surface area (Å²) < 4.78 is 26.8. The number of carbonyl (C=O) groups is 1. The van der Waals surface area contributed by atoms with Crippen LogP contribution in [-0.4, -0.2) is 53.4 Å². The van der Waals surface area contributed by atoms with Gasteiger partial charge < -0.3 is 4.90 Å². The lowest BCUT2D eigenvalue weighted by molar-refractivity contribution is -0.138. The van der Waals surface area contributed by atoms with E-state index in [1.165, 1.54) is 0 Å². The van der Waals surface area contributed by atoms with Crippen molar-refractivity contribution >= 4 is 15.9 Å². The number of aryl methyl sites for hydroxylation is 1. The van der Waals surface area contributed by atoms with Gasteiger partial charge >= 0.3 is 0 Å². The van der Waals surface area contributed by atoms with E-state index >= 15 is 0 Å². The van der Waals surface area contributed by atoms with E-state index in [0.29, 0.717) is 26.2 Å². The minimum absolute atomic E-state index is 0.103. The summed E-state index contributed by atoms with van der Waals surface area (Å²) in [5.74, 6) is 0.103. The number of piperidine rings is 1. The molecule has 0 N–H and O–H groups in total. The number of carbonyl (C=O) groups excluding carboxylic acids is 1. The predicted molar refractivity (Wildman–Crippen MR) is 94.2 cm³/mol. The predicted octanol–water partition coefficient (Wildman–Crippen LogP) is 1.70. The van der Waals surface area contributed by atoms with Gasteiger partial charge in [0.15, 0.2) is 0 Å². The molecular formula is C18H25N3O3S. The molecule has 1 amide bonds. The third kappa shape index (κ3) is 3.08. The van der Waals surface area contributed by atoms with E-state index in [4.69, 9.17) is 0 Å². The second kappa shape index (κ2) is 6.06. The molecule has 1 atom stereocenters. The van der Waals surface area contributed by atoms with E-state index in [1.54, 1.807) is 4.31 Å². The quantitative estimate of drug-likeness (QED) is 0.816. The highest BCUT2D eigenvalue weighted by Crippen LogP contribution is 2.43. The van der Waals surface area contributed by atoms with Crippen LogP contribution in [0.4, 0.5) is 0 Å². The molecule has 1 aromatic rings. The third-order valence-corrected chi connectivity index (χ3v) is 8.09. The second-order valence-corrected chi connectivity index (χ2v) is 9.92. The highest BCUT2D eigenvalue weighted by atomic mass is 32.2. The van der Waals surface area contributed by atoms with E-state index in [2.05, 4.69) is 4.98 Å². The molecule has 7 heteroatoms. The molecule has 6 nitrogen and oxygen atoms in total. The van der Waals surface area contributed by atoms with E-state index in [1.807, 2.05) is 30.0 Å².